The summed E-state index contributed by atoms with van der Waals surface area (Å²) in [5, 5.41) is 2.16. The first kappa shape index (κ1) is 13.5. The topological polar surface area (TPSA) is 39.2 Å². The fourth-order valence-corrected chi connectivity index (χ4v) is 2.74. The van der Waals surface area contributed by atoms with E-state index >= 15 is 0 Å². The molecule has 0 saturated carbocycles. The van der Waals surface area contributed by atoms with Gasteiger partial charge in [0.05, 0.1) is 16.3 Å². The van der Waals surface area contributed by atoms with E-state index in [2.05, 4.69) is 0 Å². The van der Waals surface area contributed by atoms with Gasteiger partial charge < -0.3 is 10.2 Å². The monoisotopic (exact) mass is 305 g/mol. The Labute approximate surface area is 127 Å². The summed E-state index contributed by atoms with van der Waals surface area (Å²) < 4.78 is 5.52. The van der Waals surface area contributed by atoms with E-state index in [9.17, 15) is 0 Å². The lowest BCUT2D eigenvalue weighted by atomic mass is 9.99. The number of hydrogen-bond donors (Lipinski definition) is 1. The summed E-state index contributed by atoms with van der Waals surface area (Å²) in [4.78, 5) is 0. The Morgan fingerprint density at radius 2 is 1.85 bits per heavy atom. The second-order valence-electron chi connectivity index (χ2n) is 4.71. The molecule has 4 heteroatoms. The van der Waals surface area contributed by atoms with Crippen LogP contribution in [-0.2, 0) is 6.42 Å². The van der Waals surface area contributed by atoms with Gasteiger partial charge in [-0.25, -0.2) is 0 Å². The minimum absolute atomic E-state index is 0.186. The van der Waals surface area contributed by atoms with Crippen LogP contribution < -0.4 is 5.73 Å². The van der Waals surface area contributed by atoms with E-state index < -0.39 is 0 Å². The Hall–Kier alpha value is -1.48. The maximum Gasteiger partial charge on any atom is 0.134 e. The molecule has 1 heterocycles. The summed E-state index contributed by atoms with van der Waals surface area (Å²) in [6.45, 7) is 0. The predicted molar refractivity (Wildman–Crippen MR) is 83.3 cm³/mol. The minimum atomic E-state index is -0.186. The first-order valence-electron chi connectivity index (χ1n) is 6.31. The van der Waals surface area contributed by atoms with Gasteiger partial charge in [-0.1, -0.05) is 53.5 Å². The van der Waals surface area contributed by atoms with Gasteiger partial charge in [-0.3, -0.25) is 0 Å². The summed E-state index contributed by atoms with van der Waals surface area (Å²) in [6.07, 6.45) is 2.33. The highest BCUT2D eigenvalue weighted by atomic mass is 35.5. The normalized spacial score (nSPS) is 12.8. The molecule has 0 radical (unpaired) electrons. The van der Waals surface area contributed by atoms with Crippen LogP contribution in [0.1, 0.15) is 17.2 Å². The van der Waals surface area contributed by atoms with Crippen LogP contribution in [0.4, 0.5) is 0 Å². The van der Waals surface area contributed by atoms with Crippen molar-refractivity contribution < 1.29 is 4.42 Å². The van der Waals surface area contributed by atoms with Crippen molar-refractivity contribution in [1.82, 2.24) is 0 Å². The lowest BCUT2D eigenvalue weighted by molar-refractivity contribution is 0.599. The van der Waals surface area contributed by atoms with E-state index in [0.29, 0.717) is 16.5 Å². The van der Waals surface area contributed by atoms with Crippen molar-refractivity contribution in [3.8, 4) is 0 Å². The van der Waals surface area contributed by atoms with Crippen LogP contribution in [-0.4, -0.2) is 0 Å². The molecular formula is C16H13Cl2NO. The zero-order valence-corrected chi connectivity index (χ0v) is 12.2. The van der Waals surface area contributed by atoms with E-state index in [-0.39, 0.29) is 6.04 Å². The van der Waals surface area contributed by atoms with E-state index in [1.54, 1.807) is 12.3 Å². The lowest BCUT2D eigenvalue weighted by Crippen LogP contribution is -2.13. The SMILES string of the molecule is NC(Cc1cccc(Cl)c1Cl)c1coc2ccccc12. The largest absolute Gasteiger partial charge is 0.464 e. The minimum Gasteiger partial charge on any atom is -0.464 e. The maximum atomic E-state index is 6.29. The molecule has 2 nitrogen and oxygen atoms in total. The van der Waals surface area contributed by atoms with Crippen LogP contribution in [0.3, 0.4) is 0 Å². The Bertz CT molecular complexity index is 751. The van der Waals surface area contributed by atoms with Crippen molar-refractivity contribution in [3.63, 3.8) is 0 Å². The molecule has 20 heavy (non-hydrogen) atoms. The van der Waals surface area contributed by atoms with E-state index in [1.165, 1.54) is 0 Å². The first-order valence-corrected chi connectivity index (χ1v) is 7.07. The van der Waals surface area contributed by atoms with Crippen molar-refractivity contribution in [2.45, 2.75) is 12.5 Å². The average molecular weight is 306 g/mol. The average Bonchev–Trinajstić information content (AvgIpc) is 2.88. The third-order valence-corrected chi connectivity index (χ3v) is 4.24. The van der Waals surface area contributed by atoms with Crippen molar-refractivity contribution in [2.24, 2.45) is 5.73 Å². The Morgan fingerprint density at radius 1 is 1.05 bits per heavy atom. The smallest absolute Gasteiger partial charge is 0.134 e. The van der Waals surface area contributed by atoms with Gasteiger partial charge in [0.15, 0.2) is 0 Å². The molecule has 0 bridgehead atoms. The van der Waals surface area contributed by atoms with Crippen molar-refractivity contribution in [1.29, 1.82) is 0 Å². The van der Waals surface area contributed by atoms with Gasteiger partial charge in [0.1, 0.15) is 5.58 Å². The highest BCUT2D eigenvalue weighted by Crippen LogP contribution is 2.31. The zero-order chi connectivity index (χ0) is 14.1. The quantitative estimate of drug-likeness (QED) is 0.741. The van der Waals surface area contributed by atoms with Gasteiger partial charge in [0.2, 0.25) is 0 Å². The molecular weight excluding hydrogens is 293 g/mol. The molecule has 1 atom stereocenters. The summed E-state index contributed by atoms with van der Waals surface area (Å²) in [6, 6.07) is 13.3. The Balaban J connectivity index is 1.93. The molecule has 0 fully saturated rings. The zero-order valence-electron chi connectivity index (χ0n) is 10.6. The molecule has 3 aromatic rings. The van der Waals surface area contributed by atoms with Crippen LogP contribution in [0, 0.1) is 0 Å². The molecule has 0 aliphatic carbocycles. The number of fused-ring (bicyclic) bond motifs is 1. The van der Waals surface area contributed by atoms with E-state index in [1.807, 2.05) is 36.4 Å². The highest BCUT2D eigenvalue weighted by Gasteiger charge is 2.15. The molecule has 2 aromatic carbocycles. The Kier molecular flexibility index (Phi) is 3.70. The van der Waals surface area contributed by atoms with Gasteiger partial charge in [0, 0.05) is 17.0 Å². The number of hydrogen-bond acceptors (Lipinski definition) is 2. The first-order chi connectivity index (χ1) is 9.66. The molecule has 0 spiro atoms. The van der Waals surface area contributed by atoms with Crippen molar-refractivity contribution in [3.05, 3.63) is 69.9 Å². The van der Waals surface area contributed by atoms with Gasteiger partial charge in [-0.15, -0.1) is 0 Å². The molecule has 3 rings (SSSR count). The van der Waals surface area contributed by atoms with Crippen molar-refractivity contribution >= 4 is 34.2 Å². The number of nitrogens with two attached hydrogens (primary N) is 1. The second-order valence-corrected chi connectivity index (χ2v) is 5.50. The number of rotatable bonds is 3. The van der Waals surface area contributed by atoms with Gasteiger partial charge >= 0.3 is 0 Å². The van der Waals surface area contributed by atoms with Crippen LogP contribution in [0.2, 0.25) is 10.0 Å². The van der Waals surface area contributed by atoms with Crippen LogP contribution >= 0.6 is 23.2 Å². The second kappa shape index (κ2) is 5.49. The molecule has 102 valence electrons. The van der Waals surface area contributed by atoms with Crippen LogP contribution in [0.15, 0.2) is 53.1 Å². The number of para-hydroxylation sites is 1. The summed E-state index contributed by atoms with van der Waals surface area (Å²) in [5.41, 5.74) is 9.06. The fourth-order valence-electron chi connectivity index (χ4n) is 2.34. The predicted octanol–water partition coefficient (Wildman–Crippen LogP) is 4.98. The van der Waals surface area contributed by atoms with E-state index in [4.69, 9.17) is 33.4 Å². The molecule has 0 amide bonds. The van der Waals surface area contributed by atoms with Crippen LogP contribution in [0.25, 0.3) is 11.0 Å². The van der Waals surface area contributed by atoms with Crippen molar-refractivity contribution in [2.75, 3.05) is 0 Å². The number of furan rings is 1. The van der Waals surface area contributed by atoms with Gasteiger partial charge in [0.25, 0.3) is 0 Å². The molecule has 0 aliphatic rings. The number of halogens is 2. The van der Waals surface area contributed by atoms with Gasteiger partial charge in [-0.05, 0) is 24.1 Å². The fraction of sp³-hybridized carbons (Fsp3) is 0.125. The third kappa shape index (κ3) is 2.42. The standard InChI is InChI=1S/C16H13Cl2NO/c17-13-6-3-4-10(16(13)18)8-14(19)12-9-20-15-7-2-1-5-11(12)15/h1-7,9,14H,8,19H2. The highest BCUT2D eigenvalue weighted by molar-refractivity contribution is 6.42. The Morgan fingerprint density at radius 3 is 2.70 bits per heavy atom. The molecule has 0 aliphatic heterocycles. The molecule has 1 aromatic heterocycles. The molecule has 0 saturated heterocycles. The van der Waals surface area contributed by atoms with Gasteiger partial charge in [-0.2, -0.15) is 0 Å². The maximum absolute atomic E-state index is 6.29. The summed E-state index contributed by atoms with van der Waals surface area (Å²) in [5.74, 6) is 0. The summed E-state index contributed by atoms with van der Waals surface area (Å²) >= 11 is 12.2. The van der Waals surface area contributed by atoms with Crippen LogP contribution in [0.5, 0.6) is 0 Å². The lowest BCUT2D eigenvalue weighted by Gasteiger charge is -2.12. The molecule has 2 N–H and O–H groups in total. The number of benzene rings is 2. The van der Waals surface area contributed by atoms with E-state index in [0.717, 1.165) is 22.1 Å². The summed E-state index contributed by atoms with van der Waals surface area (Å²) in [7, 11) is 0. The third-order valence-electron chi connectivity index (χ3n) is 3.38. The molecule has 1 unspecified atom stereocenters.